The van der Waals surface area contributed by atoms with Crippen LogP contribution < -0.4 is 16.0 Å². The van der Waals surface area contributed by atoms with Crippen molar-refractivity contribution in [3.05, 3.63) is 46.4 Å². The third-order valence-corrected chi connectivity index (χ3v) is 3.39. The fraction of sp³-hybridized carbons (Fsp3) is 0.0833. The molecule has 0 saturated carbocycles. The first kappa shape index (κ1) is 13.9. The summed E-state index contributed by atoms with van der Waals surface area (Å²) in [4.78, 5) is 18.5. The van der Waals surface area contributed by atoms with Crippen LogP contribution in [-0.2, 0) is 0 Å². The van der Waals surface area contributed by atoms with Crippen molar-refractivity contribution in [1.82, 2.24) is 9.97 Å². The Labute approximate surface area is 118 Å². The number of methoxy groups -OCH3 is 1. The SMILES string of the molecule is COc1ccc(/C(N)=N/O)c(Sc2nccc(=O)[nH]2)c1. The molecular formula is C12H12N4O3S. The van der Waals surface area contributed by atoms with Crippen LogP contribution in [0.1, 0.15) is 5.56 Å². The Kier molecular flexibility index (Phi) is 4.26. The molecule has 0 fully saturated rings. The van der Waals surface area contributed by atoms with Gasteiger partial charge in [-0.3, -0.25) is 4.79 Å². The summed E-state index contributed by atoms with van der Waals surface area (Å²) in [5.41, 5.74) is 5.89. The lowest BCUT2D eigenvalue weighted by Crippen LogP contribution is -2.14. The normalized spacial score (nSPS) is 11.3. The van der Waals surface area contributed by atoms with Gasteiger partial charge in [0.2, 0.25) is 0 Å². The standard InChI is InChI=1S/C12H12N4O3S/c1-19-7-2-3-8(11(13)16-18)9(6-7)20-12-14-5-4-10(17)15-12/h2-6,18H,1H3,(H2,13,16)(H,14,15,17). The molecule has 0 aliphatic rings. The van der Waals surface area contributed by atoms with E-state index in [9.17, 15) is 4.79 Å². The summed E-state index contributed by atoms with van der Waals surface area (Å²) < 4.78 is 5.14. The molecule has 7 nitrogen and oxygen atoms in total. The van der Waals surface area contributed by atoms with E-state index in [-0.39, 0.29) is 11.4 Å². The number of oxime groups is 1. The number of aromatic nitrogens is 2. The van der Waals surface area contributed by atoms with Crippen molar-refractivity contribution in [3.8, 4) is 5.75 Å². The van der Waals surface area contributed by atoms with Gasteiger partial charge in [0, 0.05) is 22.7 Å². The highest BCUT2D eigenvalue weighted by Crippen LogP contribution is 2.30. The second-order valence-corrected chi connectivity index (χ2v) is 4.72. The summed E-state index contributed by atoms with van der Waals surface area (Å²) in [5.74, 6) is 0.577. The minimum atomic E-state index is -0.254. The summed E-state index contributed by atoms with van der Waals surface area (Å²) in [7, 11) is 1.54. The Morgan fingerprint density at radius 3 is 2.95 bits per heavy atom. The molecule has 0 radical (unpaired) electrons. The van der Waals surface area contributed by atoms with Crippen LogP contribution in [0, 0.1) is 0 Å². The molecule has 104 valence electrons. The molecule has 0 spiro atoms. The Bertz CT molecular complexity index is 699. The Morgan fingerprint density at radius 2 is 2.30 bits per heavy atom. The van der Waals surface area contributed by atoms with Gasteiger partial charge >= 0.3 is 0 Å². The second-order valence-electron chi connectivity index (χ2n) is 3.69. The molecule has 2 rings (SSSR count). The minimum absolute atomic E-state index is 0.0339. The fourth-order valence-electron chi connectivity index (χ4n) is 1.49. The number of hydrogen-bond acceptors (Lipinski definition) is 6. The van der Waals surface area contributed by atoms with Crippen LogP contribution in [0.3, 0.4) is 0 Å². The molecule has 8 heteroatoms. The van der Waals surface area contributed by atoms with Crippen LogP contribution in [0.15, 0.2) is 50.5 Å². The van der Waals surface area contributed by atoms with E-state index in [1.54, 1.807) is 18.2 Å². The van der Waals surface area contributed by atoms with E-state index in [0.717, 1.165) is 0 Å². The van der Waals surface area contributed by atoms with Gasteiger partial charge in [-0.25, -0.2) is 4.98 Å². The summed E-state index contributed by atoms with van der Waals surface area (Å²) in [6, 6.07) is 6.39. The first-order chi connectivity index (χ1) is 9.63. The Balaban J connectivity index is 2.45. The number of nitrogens with zero attached hydrogens (tertiary/aromatic N) is 2. The smallest absolute Gasteiger partial charge is 0.251 e. The summed E-state index contributed by atoms with van der Waals surface area (Å²) >= 11 is 1.18. The van der Waals surface area contributed by atoms with E-state index in [1.807, 2.05) is 0 Å². The molecule has 4 N–H and O–H groups in total. The molecule has 1 aromatic heterocycles. The predicted molar refractivity (Wildman–Crippen MR) is 74.5 cm³/mol. The lowest BCUT2D eigenvalue weighted by atomic mass is 10.2. The number of rotatable bonds is 4. The van der Waals surface area contributed by atoms with E-state index in [0.29, 0.717) is 21.4 Å². The topological polar surface area (TPSA) is 114 Å². The van der Waals surface area contributed by atoms with E-state index < -0.39 is 0 Å². The van der Waals surface area contributed by atoms with E-state index in [4.69, 9.17) is 15.7 Å². The van der Waals surface area contributed by atoms with Crippen LogP contribution >= 0.6 is 11.8 Å². The van der Waals surface area contributed by atoms with Gasteiger partial charge in [-0.1, -0.05) is 16.9 Å². The van der Waals surface area contributed by atoms with Crippen molar-refractivity contribution in [2.24, 2.45) is 10.9 Å². The highest BCUT2D eigenvalue weighted by Gasteiger charge is 2.11. The van der Waals surface area contributed by atoms with E-state index in [2.05, 4.69) is 15.1 Å². The van der Waals surface area contributed by atoms with Gasteiger partial charge < -0.3 is 20.7 Å². The molecule has 1 aromatic carbocycles. The lowest BCUT2D eigenvalue weighted by Gasteiger charge is -2.09. The largest absolute Gasteiger partial charge is 0.497 e. The third kappa shape index (κ3) is 3.09. The van der Waals surface area contributed by atoms with Crippen molar-refractivity contribution >= 4 is 17.6 Å². The summed E-state index contributed by atoms with van der Waals surface area (Å²) in [5, 5.41) is 12.2. The van der Waals surface area contributed by atoms with Gasteiger partial charge in [0.1, 0.15) is 5.75 Å². The van der Waals surface area contributed by atoms with E-state index >= 15 is 0 Å². The first-order valence-corrected chi connectivity index (χ1v) is 6.35. The van der Waals surface area contributed by atoms with E-state index in [1.165, 1.54) is 31.1 Å². The number of aromatic amines is 1. The van der Waals surface area contributed by atoms with Gasteiger partial charge in [-0.05, 0) is 18.2 Å². The zero-order valence-electron chi connectivity index (χ0n) is 10.5. The van der Waals surface area contributed by atoms with Crippen molar-refractivity contribution in [2.45, 2.75) is 10.1 Å². The number of nitrogens with two attached hydrogens (primary N) is 1. The van der Waals surface area contributed by atoms with Crippen molar-refractivity contribution in [1.29, 1.82) is 0 Å². The van der Waals surface area contributed by atoms with Crippen molar-refractivity contribution < 1.29 is 9.94 Å². The molecule has 1 heterocycles. The third-order valence-electron chi connectivity index (χ3n) is 2.43. The Morgan fingerprint density at radius 1 is 1.50 bits per heavy atom. The highest BCUT2D eigenvalue weighted by atomic mass is 32.2. The number of ether oxygens (including phenoxy) is 1. The second kappa shape index (κ2) is 6.11. The van der Waals surface area contributed by atoms with Crippen LogP contribution in [0.4, 0.5) is 0 Å². The average Bonchev–Trinajstić information content (AvgIpc) is 2.46. The first-order valence-electron chi connectivity index (χ1n) is 5.53. The summed E-state index contributed by atoms with van der Waals surface area (Å²) in [6.07, 6.45) is 1.41. The molecule has 0 aliphatic carbocycles. The highest BCUT2D eigenvalue weighted by molar-refractivity contribution is 7.99. The fourth-order valence-corrected chi connectivity index (χ4v) is 2.42. The van der Waals surface area contributed by atoms with Gasteiger partial charge in [0.25, 0.3) is 5.56 Å². The van der Waals surface area contributed by atoms with Crippen LogP contribution in [0.25, 0.3) is 0 Å². The number of benzene rings is 1. The predicted octanol–water partition coefficient (Wildman–Crippen LogP) is 1.02. The monoisotopic (exact) mass is 292 g/mol. The maximum absolute atomic E-state index is 11.3. The maximum Gasteiger partial charge on any atom is 0.251 e. The maximum atomic E-state index is 11.3. The Hall–Kier alpha value is -2.48. The molecule has 0 atom stereocenters. The van der Waals surface area contributed by atoms with Gasteiger partial charge in [-0.2, -0.15) is 0 Å². The quantitative estimate of drug-likeness (QED) is 0.255. The molecule has 0 saturated heterocycles. The van der Waals surface area contributed by atoms with Gasteiger partial charge in [0.05, 0.1) is 7.11 Å². The molecule has 0 amide bonds. The van der Waals surface area contributed by atoms with Crippen LogP contribution in [0.2, 0.25) is 0 Å². The molecule has 0 bridgehead atoms. The number of nitrogens with one attached hydrogen (secondary N) is 1. The lowest BCUT2D eigenvalue weighted by molar-refractivity contribution is 0.318. The number of H-pyrrole nitrogens is 1. The molecular weight excluding hydrogens is 280 g/mol. The molecule has 2 aromatic rings. The van der Waals surface area contributed by atoms with Crippen molar-refractivity contribution in [3.63, 3.8) is 0 Å². The average molecular weight is 292 g/mol. The zero-order chi connectivity index (χ0) is 14.5. The van der Waals surface area contributed by atoms with Gasteiger partial charge in [-0.15, -0.1) is 0 Å². The summed E-state index contributed by atoms with van der Waals surface area (Å²) in [6.45, 7) is 0. The number of hydrogen-bond donors (Lipinski definition) is 3. The van der Waals surface area contributed by atoms with Crippen LogP contribution in [-0.4, -0.2) is 28.1 Å². The van der Waals surface area contributed by atoms with Crippen LogP contribution in [0.5, 0.6) is 5.75 Å². The molecule has 0 unspecified atom stereocenters. The number of amidine groups is 1. The molecule has 20 heavy (non-hydrogen) atoms. The van der Waals surface area contributed by atoms with Crippen molar-refractivity contribution in [2.75, 3.05) is 7.11 Å². The molecule has 0 aliphatic heterocycles. The van der Waals surface area contributed by atoms with Gasteiger partial charge in [0.15, 0.2) is 11.0 Å². The zero-order valence-corrected chi connectivity index (χ0v) is 11.3. The minimum Gasteiger partial charge on any atom is -0.497 e.